The van der Waals surface area contributed by atoms with E-state index in [-0.39, 0.29) is 13.2 Å². The number of aromatic nitrogens is 1. The topological polar surface area (TPSA) is 74.7 Å². The van der Waals surface area contributed by atoms with Gasteiger partial charge in [-0.25, -0.2) is 14.6 Å². The van der Waals surface area contributed by atoms with Gasteiger partial charge in [-0.05, 0) is 31.2 Å². The van der Waals surface area contributed by atoms with E-state index in [9.17, 15) is 9.59 Å². The van der Waals surface area contributed by atoms with Crippen LogP contribution < -0.4 is 4.74 Å². The van der Waals surface area contributed by atoms with Gasteiger partial charge < -0.3 is 14.2 Å². The van der Waals surface area contributed by atoms with Crippen LogP contribution in [0.3, 0.4) is 0 Å². The van der Waals surface area contributed by atoms with Crippen LogP contribution in [0.5, 0.6) is 5.75 Å². The molecule has 0 aliphatic heterocycles. The maximum absolute atomic E-state index is 11.5. The third-order valence-electron chi connectivity index (χ3n) is 2.89. The van der Waals surface area contributed by atoms with Gasteiger partial charge in [0.25, 0.3) is 0 Å². The summed E-state index contributed by atoms with van der Waals surface area (Å²) in [5.74, 6) is -0.426. The first kappa shape index (κ1) is 17.7. The molecule has 0 atom stereocenters. The maximum atomic E-state index is 11.5. The van der Waals surface area contributed by atoms with Crippen molar-refractivity contribution in [3.8, 4) is 16.3 Å². The summed E-state index contributed by atoms with van der Waals surface area (Å²) in [4.78, 5) is 27.0. The van der Waals surface area contributed by atoms with Gasteiger partial charge in [-0.3, -0.25) is 0 Å². The van der Waals surface area contributed by atoms with Gasteiger partial charge in [-0.15, -0.1) is 11.3 Å². The Morgan fingerprint density at radius 1 is 1.12 bits per heavy atom. The molecule has 24 heavy (non-hydrogen) atoms. The molecule has 6 nitrogen and oxygen atoms in total. The number of nitrogens with zero attached hydrogens (tertiary/aromatic N) is 1. The number of thiazole rings is 1. The Hall–Kier alpha value is -2.67. The normalized spacial score (nSPS) is 10.6. The minimum absolute atomic E-state index is 0.0403. The molecule has 2 aromatic rings. The number of hydrogen-bond donors (Lipinski definition) is 0. The van der Waals surface area contributed by atoms with E-state index in [1.54, 1.807) is 14.0 Å². The minimum Gasteiger partial charge on any atom is -0.497 e. The van der Waals surface area contributed by atoms with Gasteiger partial charge in [-0.1, -0.05) is 0 Å². The molecule has 0 aliphatic carbocycles. The number of carbonyl (C=O) groups is 2. The van der Waals surface area contributed by atoms with Crippen molar-refractivity contribution in [3.05, 3.63) is 47.5 Å². The monoisotopic (exact) mass is 347 g/mol. The highest BCUT2D eigenvalue weighted by Crippen LogP contribution is 2.25. The van der Waals surface area contributed by atoms with Crippen LogP contribution in [0.2, 0.25) is 0 Å². The van der Waals surface area contributed by atoms with Crippen molar-refractivity contribution in [3.63, 3.8) is 0 Å². The SMILES string of the molecule is CCOC(=O)/C=C/C(=O)OCc1csc(-c2ccc(OC)cc2)n1. The second-order valence-electron chi connectivity index (χ2n) is 4.57. The van der Waals surface area contributed by atoms with Gasteiger partial charge in [0.05, 0.1) is 19.4 Å². The highest BCUT2D eigenvalue weighted by molar-refractivity contribution is 7.13. The van der Waals surface area contributed by atoms with E-state index in [4.69, 9.17) is 9.47 Å². The first-order chi connectivity index (χ1) is 11.6. The van der Waals surface area contributed by atoms with Gasteiger partial charge in [0.1, 0.15) is 17.4 Å². The second-order valence-corrected chi connectivity index (χ2v) is 5.42. The fourth-order valence-corrected chi connectivity index (χ4v) is 2.57. The second kappa shape index (κ2) is 8.83. The molecule has 1 aromatic heterocycles. The average Bonchev–Trinajstić information content (AvgIpc) is 3.07. The summed E-state index contributed by atoms with van der Waals surface area (Å²) in [6.45, 7) is 1.98. The number of ether oxygens (including phenoxy) is 3. The molecular weight excluding hydrogens is 330 g/mol. The van der Waals surface area contributed by atoms with E-state index < -0.39 is 11.9 Å². The number of carbonyl (C=O) groups excluding carboxylic acids is 2. The van der Waals surface area contributed by atoms with Gasteiger partial charge in [0.2, 0.25) is 0 Å². The predicted octanol–water partition coefficient (Wildman–Crippen LogP) is 2.98. The van der Waals surface area contributed by atoms with Crippen LogP contribution >= 0.6 is 11.3 Å². The molecule has 126 valence electrons. The summed E-state index contributed by atoms with van der Waals surface area (Å²) < 4.78 is 14.8. The maximum Gasteiger partial charge on any atom is 0.331 e. The lowest BCUT2D eigenvalue weighted by Gasteiger charge is -2.00. The Morgan fingerprint density at radius 3 is 2.42 bits per heavy atom. The molecule has 1 heterocycles. The fourth-order valence-electron chi connectivity index (χ4n) is 1.76. The molecule has 1 aromatic carbocycles. The summed E-state index contributed by atoms with van der Waals surface area (Å²) in [6, 6.07) is 7.54. The minimum atomic E-state index is -0.623. The molecule has 0 radical (unpaired) electrons. The molecule has 0 unspecified atom stereocenters. The molecule has 0 fully saturated rings. The average molecular weight is 347 g/mol. The van der Waals surface area contributed by atoms with Crippen LogP contribution in [0.25, 0.3) is 10.6 Å². The fraction of sp³-hybridized carbons (Fsp3) is 0.235. The van der Waals surface area contributed by atoms with Crippen LogP contribution in [0.1, 0.15) is 12.6 Å². The Morgan fingerprint density at radius 2 is 1.79 bits per heavy atom. The number of benzene rings is 1. The first-order valence-electron chi connectivity index (χ1n) is 7.22. The highest BCUT2D eigenvalue weighted by atomic mass is 32.1. The molecule has 0 spiro atoms. The molecule has 0 bridgehead atoms. The zero-order valence-electron chi connectivity index (χ0n) is 13.4. The Labute approximate surface area is 143 Å². The van der Waals surface area contributed by atoms with E-state index >= 15 is 0 Å². The summed E-state index contributed by atoms with van der Waals surface area (Å²) >= 11 is 1.46. The Balaban J connectivity index is 1.89. The number of hydrogen-bond acceptors (Lipinski definition) is 7. The summed E-state index contributed by atoms with van der Waals surface area (Å²) in [5, 5.41) is 2.65. The lowest BCUT2D eigenvalue weighted by molar-refractivity contribution is -0.141. The van der Waals surface area contributed by atoms with Crippen LogP contribution in [0, 0.1) is 0 Å². The standard InChI is InChI=1S/C17H17NO5S/c1-3-22-15(19)8-9-16(20)23-10-13-11-24-17(18-13)12-4-6-14(21-2)7-5-12/h4-9,11H,3,10H2,1-2H3/b9-8+. The van der Waals surface area contributed by atoms with Gasteiger partial charge in [0, 0.05) is 23.1 Å². The van der Waals surface area contributed by atoms with Crippen molar-refractivity contribution in [2.24, 2.45) is 0 Å². The quantitative estimate of drug-likeness (QED) is 0.566. The van der Waals surface area contributed by atoms with Crippen molar-refractivity contribution < 1.29 is 23.8 Å². The summed E-state index contributed by atoms with van der Waals surface area (Å²) in [6.07, 6.45) is 2.07. The van der Waals surface area contributed by atoms with E-state index in [1.165, 1.54) is 11.3 Å². The van der Waals surface area contributed by atoms with Gasteiger partial charge in [-0.2, -0.15) is 0 Å². The molecule has 0 amide bonds. The number of rotatable bonds is 7. The largest absolute Gasteiger partial charge is 0.497 e. The molecule has 2 rings (SSSR count). The van der Waals surface area contributed by atoms with E-state index in [2.05, 4.69) is 9.72 Å². The third-order valence-corrected chi connectivity index (χ3v) is 3.83. The Kier molecular flexibility index (Phi) is 6.51. The molecular formula is C17H17NO5S. The van der Waals surface area contributed by atoms with E-state index in [0.717, 1.165) is 28.5 Å². The van der Waals surface area contributed by atoms with Crippen molar-refractivity contribution in [2.45, 2.75) is 13.5 Å². The number of methoxy groups -OCH3 is 1. The zero-order chi connectivity index (χ0) is 17.4. The van der Waals surface area contributed by atoms with E-state index in [1.807, 2.05) is 29.6 Å². The molecule has 7 heteroatoms. The van der Waals surface area contributed by atoms with Crippen molar-refractivity contribution in [2.75, 3.05) is 13.7 Å². The highest BCUT2D eigenvalue weighted by Gasteiger charge is 2.07. The van der Waals surface area contributed by atoms with Crippen LogP contribution in [-0.2, 0) is 25.7 Å². The lowest BCUT2D eigenvalue weighted by atomic mass is 10.2. The van der Waals surface area contributed by atoms with Crippen LogP contribution in [0.4, 0.5) is 0 Å². The predicted molar refractivity (Wildman–Crippen MR) is 89.7 cm³/mol. The lowest BCUT2D eigenvalue weighted by Crippen LogP contribution is -2.04. The summed E-state index contributed by atoms with van der Waals surface area (Å²) in [5.41, 5.74) is 1.60. The first-order valence-corrected chi connectivity index (χ1v) is 8.10. The van der Waals surface area contributed by atoms with Gasteiger partial charge in [0.15, 0.2) is 0 Å². The molecule has 0 saturated heterocycles. The molecule has 0 N–H and O–H groups in total. The summed E-state index contributed by atoms with van der Waals surface area (Å²) in [7, 11) is 1.61. The Bertz CT molecular complexity index is 721. The van der Waals surface area contributed by atoms with Crippen molar-refractivity contribution in [1.29, 1.82) is 0 Å². The molecule has 0 saturated carbocycles. The van der Waals surface area contributed by atoms with Gasteiger partial charge >= 0.3 is 11.9 Å². The third kappa shape index (κ3) is 5.20. The van der Waals surface area contributed by atoms with E-state index in [0.29, 0.717) is 5.69 Å². The van der Waals surface area contributed by atoms with Crippen molar-refractivity contribution in [1.82, 2.24) is 4.98 Å². The number of esters is 2. The van der Waals surface area contributed by atoms with Crippen molar-refractivity contribution >= 4 is 23.3 Å². The zero-order valence-corrected chi connectivity index (χ0v) is 14.2. The smallest absolute Gasteiger partial charge is 0.331 e. The van der Waals surface area contributed by atoms with Crippen LogP contribution in [0.15, 0.2) is 41.8 Å². The molecule has 0 aliphatic rings. The van der Waals surface area contributed by atoms with Crippen LogP contribution in [-0.4, -0.2) is 30.6 Å².